The number of aryl methyl sites for hydroxylation is 1. The molecule has 3 aromatic heterocycles. The van der Waals surface area contributed by atoms with Crippen molar-refractivity contribution < 1.29 is 19.1 Å². The lowest BCUT2D eigenvalue weighted by atomic mass is 9.85. The summed E-state index contributed by atoms with van der Waals surface area (Å²) in [6.45, 7) is 3.23. The van der Waals surface area contributed by atoms with Crippen LogP contribution in [0.1, 0.15) is 42.5 Å². The van der Waals surface area contributed by atoms with Crippen molar-refractivity contribution in [3.05, 3.63) is 93.5 Å². The third-order valence-corrected chi connectivity index (χ3v) is 8.36. The van der Waals surface area contributed by atoms with Gasteiger partial charge in [-0.15, -0.1) is 0 Å². The van der Waals surface area contributed by atoms with Crippen molar-refractivity contribution in [2.45, 2.75) is 52.0 Å². The summed E-state index contributed by atoms with van der Waals surface area (Å²) < 4.78 is 14.0. The van der Waals surface area contributed by atoms with E-state index in [0.717, 1.165) is 33.0 Å². The van der Waals surface area contributed by atoms with Crippen molar-refractivity contribution >= 4 is 45.4 Å². The number of esters is 2. The number of cyclic esters (lactones) is 1. The van der Waals surface area contributed by atoms with Crippen LogP contribution in [-0.4, -0.2) is 31.0 Å². The Morgan fingerprint density at radius 1 is 1.18 bits per heavy atom. The van der Waals surface area contributed by atoms with Crippen molar-refractivity contribution in [2.75, 3.05) is 0 Å². The van der Waals surface area contributed by atoms with Crippen molar-refractivity contribution in [3.8, 4) is 11.4 Å². The first-order valence-electron chi connectivity index (χ1n) is 12.7. The predicted molar refractivity (Wildman–Crippen MR) is 152 cm³/mol. The fourth-order valence-corrected chi connectivity index (χ4v) is 6.11. The summed E-state index contributed by atoms with van der Waals surface area (Å²) in [4.78, 5) is 71.1. The Morgan fingerprint density at radius 2 is 1.95 bits per heavy atom. The molecule has 12 heteroatoms. The van der Waals surface area contributed by atoms with E-state index in [4.69, 9.17) is 14.5 Å². The first-order chi connectivity index (χ1) is 19.2. The Kier molecular flexibility index (Phi) is 6.24. The van der Waals surface area contributed by atoms with E-state index < -0.39 is 35.3 Å². The number of benzene rings is 1. The zero-order chi connectivity index (χ0) is 28.3. The summed E-state index contributed by atoms with van der Waals surface area (Å²) >= 11 is 1.74. The van der Waals surface area contributed by atoms with Crippen LogP contribution in [-0.2, 0) is 50.8 Å². The van der Waals surface area contributed by atoms with Gasteiger partial charge in [-0.3, -0.25) is 23.9 Å². The Balaban J connectivity index is 1.48. The molecular weight excluding hydrogens is 631 g/mol. The first-order valence-corrected chi connectivity index (χ1v) is 13.8. The standard InChI is InChI=1S/C28H23IN4O7/c1-3-14-15-7-5-6-8-20(15)30-23-16(14)10-33-21(23)9-18-17(25(33)36)13-39-26(37)28(18,4-2)40-22(34)12-32-11-19(29)24(35)31-27(32)38/h5-9,11H,3-4,10,12-13H2,1-2H3,(H,31,35,38)/t28-/m0/s1. The minimum Gasteiger partial charge on any atom is -0.457 e. The molecule has 5 heterocycles. The SMILES string of the molecule is CCc1c2c(nc3ccccc13)-c1cc3c(c(=O)n1C2)COC(=O)[C@@]3(CC)OC(=O)Cn1cc(I)c(=O)[nH]c1=O. The monoisotopic (exact) mass is 654 g/mol. The lowest BCUT2D eigenvalue weighted by molar-refractivity contribution is -0.190. The number of carbonyl (C=O) groups is 2. The van der Waals surface area contributed by atoms with Gasteiger partial charge in [0, 0.05) is 22.7 Å². The maximum absolute atomic E-state index is 13.8. The molecule has 0 aliphatic carbocycles. The minimum atomic E-state index is -1.90. The van der Waals surface area contributed by atoms with Crippen LogP contribution in [0.5, 0.6) is 0 Å². The van der Waals surface area contributed by atoms with Crippen LogP contribution in [0, 0.1) is 3.57 Å². The van der Waals surface area contributed by atoms with Gasteiger partial charge in [0.15, 0.2) is 0 Å². The molecule has 6 rings (SSSR count). The van der Waals surface area contributed by atoms with E-state index in [0.29, 0.717) is 17.9 Å². The van der Waals surface area contributed by atoms with E-state index >= 15 is 0 Å². The molecule has 0 spiro atoms. The maximum Gasteiger partial charge on any atom is 0.355 e. The number of rotatable bonds is 5. The number of pyridine rings is 2. The van der Waals surface area contributed by atoms with Crippen molar-refractivity contribution in [2.24, 2.45) is 0 Å². The molecular formula is C28H23IN4O7. The summed E-state index contributed by atoms with van der Waals surface area (Å²) in [6.07, 6.45) is 1.96. The zero-order valence-corrected chi connectivity index (χ0v) is 23.7. The zero-order valence-electron chi connectivity index (χ0n) is 21.6. The third-order valence-electron chi connectivity index (χ3n) is 7.59. The van der Waals surface area contributed by atoms with E-state index in [9.17, 15) is 24.0 Å². The van der Waals surface area contributed by atoms with Gasteiger partial charge >= 0.3 is 17.6 Å². The highest BCUT2D eigenvalue weighted by molar-refractivity contribution is 14.1. The highest BCUT2D eigenvalue weighted by atomic mass is 127. The second kappa shape index (κ2) is 9.54. The molecule has 0 amide bonds. The van der Waals surface area contributed by atoms with Crippen LogP contribution in [0.15, 0.2) is 50.9 Å². The number of H-pyrrole nitrogens is 1. The van der Waals surface area contributed by atoms with E-state index in [1.54, 1.807) is 40.1 Å². The molecule has 0 saturated carbocycles. The minimum absolute atomic E-state index is 0.0102. The second-order valence-electron chi connectivity index (χ2n) is 9.70. The van der Waals surface area contributed by atoms with Gasteiger partial charge in [0.05, 0.1) is 32.6 Å². The average Bonchev–Trinajstić information content (AvgIpc) is 3.30. The van der Waals surface area contributed by atoms with Crippen LogP contribution < -0.4 is 16.8 Å². The molecule has 2 aliphatic heterocycles. The molecule has 40 heavy (non-hydrogen) atoms. The maximum atomic E-state index is 13.8. The van der Waals surface area contributed by atoms with Crippen LogP contribution >= 0.6 is 22.6 Å². The Labute approximate surface area is 239 Å². The van der Waals surface area contributed by atoms with E-state index in [2.05, 4.69) is 11.9 Å². The number of nitrogens with one attached hydrogen (secondary N) is 1. The van der Waals surface area contributed by atoms with Gasteiger partial charge in [0.2, 0.25) is 5.60 Å². The van der Waals surface area contributed by atoms with Gasteiger partial charge in [-0.2, -0.15) is 0 Å². The smallest absolute Gasteiger partial charge is 0.355 e. The van der Waals surface area contributed by atoms with Gasteiger partial charge < -0.3 is 14.0 Å². The number of carbonyl (C=O) groups excluding carboxylic acids is 2. The van der Waals surface area contributed by atoms with Gasteiger partial charge in [0.1, 0.15) is 13.2 Å². The highest BCUT2D eigenvalue weighted by Crippen LogP contribution is 2.42. The summed E-state index contributed by atoms with van der Waals surface area (Å²) in [5.74, 6) is -1.71. The number of hydrogen-bond donors (Lipinski definition) is 1. The van der Waals surface area contributed by atoms with E-state index in [-0.39, 0.29) is 33.3 Å². The summed E-state index contributed by atoms with van der Waals surface area (Å²) in [7, 11) is 0. The Bertz CT molecular complexity index is 1940. The fraction of sp³-hybridized carbons (Fsp3) is 0.286. The Morgan fingerprint density at radius 3 is 2.70 bits per heavy atom. The van der Waals surface area contributed by atoms with Gasteiger partial charge in [-0.1, -0.05) is 32.0 Å². The molecule has 0 fully saturated rings. The van der Waals surface area contributed by atoms with Crippen molar-refractivity contribution in [1.82, 2.24) is 19.1 Å². The lowest BCUT2D eigenvalue weighted by Gasteiger charge is -2.35. The molecule has 1 aromatic carbocycles. The van der Waals surface area contributed by atoms with Gasteiger partial charge in [0.25, 0.3) is 11.1 Å². The molecule has 1 atom stereocenters. The topological polar surface area (TPSA) is 142 Å². The second-order valence-corrected chi connectivity index (χ2v) is 10.9. The highest BCUT2D eigenvalue weighted by Gasteiger charge is 2.50. The molecule has 0 saturated heterocycles. The molecule has 0 unspecified atom stereocenters. The largest absolute Gasteiger partial charge is 0.457 e. The number of aromatic nitrogens is 4. The van der Waals surface area contributed by atoms with Crippen LogP contribution in [0.25, 0.3) is 22.3 Å². The van der Waals surface area contributed by atoms with Crippen LogP contribution in [0.2, 0.25) is 0 Å². The molecule has 2 aliphatic rings. The van der Waals surface area contributed by atoms with Crippen LogP contribution in [0.4, 0.5) is 0 Å². The first kappa shape index (κ1) is 26.2. The van der Waals surface area contributed by atoms with Crippen molar-refractivity contribution in [1.29, 1.82) is 0 Å². The fourth-order valence-electron chi connectivity index (χ4n) is 5.64. The normalized spacial score (nSPS) is 17.2. The van der Waals surface area contributed by atoms with E-state index in [1.807, 2.05) is 24.3 Å². The molecule has 0 bridgehead atoms. The number of para-hydroxylation sites is 1. The summed E-state index contributed by atoms with van der Waals surface area (Å²) in [5, 5.41) is 1.02. The average molecular weight is 654 g/mol. The number of nitrogens with zero attached hydrogens (tertiary/aromatic N) is 3. The summed E-state index contributed by atoms with van der Waals surface area (Å²) in [5.41, 5.74) is 0.894. The molecule has 0 radical (unpaired) electrons. The predicted octanol–water partition coefficient (Wildman–Crippen LogP) is 2.35. The van der Waals surface area contributed by atoms with Crippen LogP contribution in [0.3, 0.4) is 0 Å². The van der Waals surface area contributed by atoms with E-state index in [1.165, 1.54) is 6.20 Å². The molecule has 11 nitrogen and oxygen atoms in total. The number of fused-ring (bicyclic) bond motifs is 5. The third kappa shape index (κ3) is 3.84. The number of hydrogen-bond acceptors (Lipinski definition) is 8. The number of halogens is 1. The molecule has 204 valence electrons. The van der Waals surface area contributed by atoms with Gasteiger partial charge in [-0.25, -0.2) is 14.6 Å². The lowest BCUT2D eigenvalue weighted by Crippen LogP contribution is -2.48. The van der Waals surface area contributed by atoms with Crippen molar-refractivity contribution in [3.63, 3.8) is 0 Å². The summed E-state index contributed by atoms with van der Waals surface area (Å²) in [6, 6.07) is 9.50. The number of aromatic amines is 1. The van der Waals surface area contributed by atoms with Gasteiger partial charge in [-0.05, 0) is 53.1 Å². The number of ether oxygens (including phenoxy) is 2. The molecule has 1 N–H and O–H groups in total. The Hall–Kier alpha value is -4.07. The molecule has 4 aromatic rings. The quantitative estimate of drug-likeness (QED) is 0.225.